The maximum absolute atomic E-state index is 8.35. The van der Waals surface area contributed by atoms with Crippen molar-refractivity contribution in [3.63, 3.8) is 0 Å². The van der Waals surface area contributed by atoms with Crippen LogP contribution in [0.3, 0.4) is 0 Å². The zero-order valence-electron chi connectivity index (χ0n) is 7.78. The summed E-state index contributed by atoms with van der Waals surface area (Å²) < 4.78 is 5.14. The molecule has 0 spiro atoms. The number of nitrogens with one attached hydrogen (secondary N) is 1. The standard InChI is InChI=1S/C9H12O.CHNO/c1-8(10-2)9-6-4-3-5-7-9;2-1-3/h3-8H,1-2H3;2H. The van der Waals surface area contributed by atoms with Gasteiger partial charge < -0.3 is 4.74 Å². The van der Waals surface area contributed by atoms with Crippen LogP contribution in [0.5, 0.6) is 0 Å². The molecular formula is C10H13NO2. The number of hydrogen-bond acceptors (Lipinski definition) is 3. The van der Waals surface area contributed by atoms with E-state index in [9.17, 15) is 0 Å². The number of methoxy groups -OCH3 is 1. The summed E-state index contributed by atoms with van der Waals surface area (Å²) >= 11 is 0. The van der Waals surface area contributed by atoms with Gasteiger partial charge in [0.1, 0.15) is 0 Å². The van der Waals surface area contributed by atoms with Gasteiger partial charge >= 0.3 is 0 Å². The molecule has 0 aromatic heterocycles. The third kappa shape index (κ3) is 4.90. The number of rotatable bonds is 2. The Morgan fingerprint density at radius 1 is 1.38 bits per heavy atom. The molecule has 0 saturated carbocycles. The van der Waals surface area contributed by atoms with E-state index in [-0.39, 0.29) is 6.10 Å². The van der Waals surface area contributed by atoms with Crippen LogP contribution in [0.1, 0.15) is 18.6 Å². The molecule has 0 bridgehead atoms. The summed E-state index contributed by atoms with van der Waals surface area (Å²) in [5.41, 5.74) is 1.23. The molecular weight excluding hydrogens is 166 g/mol. The summed E-state index contributed by atoms with van der Waals surface area (Å²) in [5.74, 6) is 0. The van der Waals surface area contributed by atoms with Crippen LogP contribution in [-0.2, 0) is 9.53 Å². The van der Waals surface area contributed by atoms with Crippen molar-refractivity contribution in [2.45, 2.75) is 13.0 Å². The molecule has 0 aliphatic rings. The Morgan fingerprint density at radius 3 is 2.23 bits per heavy atom. The van der Waals surface area contributed by atoms with E-state index in [1.54, 1.807) is 7.11 Å². The molecule has 0 radical (unpaired) electrons. The number of hydrogen-bond donors (Lipinski definition) is 1. The van der Waals surface area contributed by atoms with Crippen molar-refractivity contribution in [1.82, 2.24) is 0 Å². The lowest BCUT2D eigenvalue weighted by atomic mass is 10.1. The quantitative estimate of drug-likeness (QED) is 0.559. The lowest BCUT2D eigenvalue weighted by Gasteiger charge is -2.07. The maximum Gasteiger partial charge on any atom is 0.231 e. The zero-order chi connectivity index (χ0) is 10.1. The van der Waals surface area contributed by atoms with Gasteiger partial charge in [-0.15, -0.1) is 0 Å². The number of isocyanates is 1. The van der Waals surface area contributed by atoms with Gasteiger partial charge in [-0.1, -0.05) is 30.3 Å². The fourth-order valence-electron chi connectivity index (χ4n) is 0.860. The number of carbonyl (C=O) groups excluding carboxylic acids is 1. The minimum atomic E-state index is 0.209. The van der Waals surface area contributed by atoms with Crippen LogP contribution >= 0.6 is 0 Å². The van der Waals surface area contributed by atoms with Gasteiger partial charge in [0.2, 0.25) is 6.08 Å². The molecule has 1 rings (SSSR count). The first kappa shape index (κ1) is 11.6. The van der Waals surface area contributed by atoms with Crippen molar-refractivity contribution < 1.29 is 9.53 Å². The molecule has 0 aliphatic heterocycles. The average Bonchev–Trinajstić information content (AvgIpc) is 2.19. The van der Waals surface area contributed by atoms with Crippen molar-refractivity contribution >= 4 is 6.08 Å². The second-order valence-corrected chi connectivity index (χ2v) is 2.39. The molecule has 1 N–H and O–H groups in total. The Balaban J connectivity index is 0.000000424. The van der Waals surface area contributed by atoms with Crippen molar-refractivity contribution in [1.29, 1.82) is 5.41 Å². The number of ether oxygens (including phenoxy) is 1. The van der Waals surface area contributed by atoms with Gasteiger partial charge in [-0.3, -0.25) is 0 Å². The molecule has 1 aromatic rings. The fraction of sp³-hybridized carbons (Fsp3) is 0.300. The van der Waals surface area contributed by atoms with Crippen molar-refractivity contribution in [2.24, 2.45) is 0 Å². The predicted molar refractivity (Wildman–Crippen MR) is 50.3 cm³/mol. The van der Waals surface area contributed by atoms with Crippen LogP contribution in [0.15, 0.2) is 30.3 Å². The van der Waals surface area contributed by atoms with Gasteiger partial charge in [-0.05, 0) is 12.5 Å². The minimum absolute atomic E-state index is 0.209. The Hall–Kier alpha value is -1.44. The highest BCUT2D eigenvalue weighted by atomic mass is 16.5. The van der Waals surface area contributed by atoms with E-state index in [0.717, 1.165) is 6.08 Å². The predicted octanol–water partition coefficient (Wildman–Crippen LogP) is 2.29. The molecule has 0 amide bonds. The Morgan fingerprint density at radius 2 is 1.85 bits per heavy atom. The SMILES string of the molecule is COC(C)c1ccccc1.N=C=O. The molecule has 3 heteroatoms. The summed E-state index contributed by atoms with van der Waals surface area (Å²) in [7, 11) is 1.72. The van der Waals surface area contributed by atoms with E-state index in [1.165, 1.54) is 5.56 Å². The first-order valence-electron chi connectivity index (χ1n) is 3.87. The monoisotopic (exact) mass is 179 g/mol. The van der Waals surface area contributed by atoms with E-state index >= 15 is 0 Å². The third-order valence-electron chi connectivity index (χ3n) is 1.62. The summed E-state index contributed by atoms with van der Waals surface area (Å²) in [6.07, 6.45) is 0.959. The van der Waals surface area contributed by atoms with Gasteiger partial charge in [-0.25, -0.2) is 10.2 Å². The van der Waals surface area contributed by atoms with E-state index in [0.29, 0.717) is 0 Å². The van der Waals surface area contributed by atoms with Crippen LogP contribution in [-0.4, -0.2) is 13.2 Å². The molecule has 13 heavy (non-hydrogen) atoms. The topological polar surface area (TPSA) is 50.1 Å². The third-order valence-corrected chi connectivity index (χ3v) is 1.62. The lowest BCUT2D eigenvalue weighted by Crippen LogP contribution is -1.93. The smallest absolute Gasteiger partial charge is 0.231 e. The highest BCUT2D eigenvalue weighted by Crippen LogP contribution is 2.13. The molecule has 70 valence electrons. The fourth-order valence-corrected chi connectivity index (χ4v) is 0.860. The summed E-state index contributed by atoms with van der Waals surface area (Å²) in [6, 6.07) is 10.2. The van der Waals surface area contributed by atoms with E-state index in [2.05, 4.69) is 12.1 Å². The van der Waals surface area contributed by atoms with Gasteiger partial charge in [0.25, 0.3) is 0 Å². The first-order chi connectivity index (χ1) is 6.26. The Kier molecular flexibility index (Phi) is 6.42. The molecule has 0 aliphatic carbocycles. The molecule has 0 fully saturated rings. The van der Waals surface area contributed by atoms with Crippen LogP contribution in [0.25, 0.3) is 0 Å². The van der Waals surface area contributed by atoms with Gasteiger partial charge in [-0.2, -0.15) is 0 Å². The second kappa shape index (κ2) is 7.22. The summed E-state index contributed by atoms with van der Waals surface area (Å²) in [4.78, 5) is 8.35. The molecule has 0 heterocycles. The van der Waals surface area contributed by atoms with Crippen LogP contribution in [0, 0.1) is 5.41 Å². The van der Waals surface area contributed by atoms with Gasteiger partial charge in [0, 0.05) is 7.11 Å². The molecule has 1 unspecified atom stereocenters. The first-order valence-corrected chi connectivity index (χ1v) is 3.87. The van der Waals surface area contributed by atoms with Gasteiger partial charge in [0.15, 0.2) is 0 Å². The largest absolute Gasteiger partial charge is 0.377 e. The lowest BCUT2D eigenvalue weighted by molar-refractivity contribution is 0.119. The summed E-state index contributed by atoms with van der Waals surface area (Å²) in [6.45, 7) is 2.04. The molecule has 1 aromatic carbocycles. The van der Waals surface area contributed by atoms with E-state index < -0.39 is 0 Å². The Labute approximate surface area is 77.9 Å². The Bertz CT molecular complexity index is 253. The second-order valence-electron chi connectivity index (χ2n) is 2.39. The van der Waals surface area contributed by atoms with Crippen molar-refractivity contribution in [3.8, 4) is 0 Å². The summed E-state index contributed by atoms with van der Waals surface area (Å²) in [5, 5.41) is 5.40. The molecule has 1 atom stereocenters. The normalized spacial score (nSPS) is 10.6. The van der Waals surface area contributed by atoms with Crippen LogP contribution < -0.4 is 0 Å². The van der Waals surface area contributed by atoms with Crippen molar-refractivity contribution in [3.05, 3.63) is 35.9 Å². The average molecular weight is 179 g/mol. The molecule has 3 nitrogen and oxygen atoms in total. The van der Waals surface area contributed by atoms with E-state index in [4.69, 9.17) is 14.9 Å². The molecule has 0 saturated heterocycles. The highest BCUT2D eigenvalue weighted by molar-refractivity contribution is 5.26. The number of benzene rings is 1. The minimum Gasteiger partial charge on any atom is -0.377 e. The van der Waals surface area contributed by atoms with Crippen molar-refractivity contribution in [2.75, 3.05) is 7.11 Å². The van der Waals surface area contributed by atoms with Crippen LogP contribution in [0.2, 0.25) is 0 Å². The van der Waals surface area contributed by atoms with Gasteiger partial charge in [0.05, 0.1) is 6.10 Å². The zero-order valence-corrected chi connectivity index (χ0v) is 7.78. The highest BCUT2D eigenvalue weighted by Gasteiger charge is 1.99. The maximum atomic E-state index is 8.35. The van der Waals surface area contributed by atoms with Crippen LogP contribution in [0.4, 0.5) is 0 Å². The van der Waals surface area contributed by atoms with E-state index in [1.807, 2.05) is 25.1 Å².